The van der Waals surface area contributed by atoms with Gasteiger partial charge in [0.05, 0.1) is 20.8 Å². The average molecular weight is 267 g/mol. The molecule has 0 amide bonds. The molecule has 1 unspecified atom stereocenters. The van der Waals surface area contributed by atoms with Gasteiger partial charge in [-0.15, -0.1) is 0 Å². The van der Waals surface area contributed by atoms with Gasteiger partial charge in [-0.3, -0.25) is 4.79 Å². The highest BCUT2D eigenvalue weighted by atomic mass is 16.5. The minimum absolute atomic E-state index is 0.124. The Kier molecular flexibility index (Phi) is 6.15. The number of carbonyl (C=O) groups excluding carboxylic acids is 1. The predicted molar refractivity (Wildman–Crippen MR) is 72.3 cm³/mol. The first-order valence-electron chi connectivity index (χ1n) is 6.21. The Labute approximate surface area is 113 Å². The van der Waals surface area contributed by atoms with E-state index >= 15 is 0 Å². The lowest BCUT2D eigenvalue weighted by molar-refractivity contribution is -0.140. The van der Waals surface area contributed by atoms with Gasteiger partial charge in [-0.05, 0) is 19.4 Å². The summed E-state index contributed by atoms with van der Waals surface area (Å²) in [6, 6.07) is 5.41. The SMILES string of the molecule is COC(=O)CCCOc1cc(OC)ccc1C(C)N. The van der Waals surface area contributed by atoms with E-state index in [9.17, 15) is 4.79 Å². The number of hydrogen-bond donors (Lipinski definition) is 1. The molecule has 106 valence electrons. The molecule has 0 aliphatic heterocycles. The van der Waals surface area contributed by atoms with E-state index < -0.39 is 0 Å². The Morgan fingerprint density at radius 2 is 2.11 bits per heavy atom. The van der Waals surface area contributed by atoms with E-state index in [0.717, 1.165) is 5.56 Å². The molecule has 0 aliphatic carbocycles. The zero-order chi connectivity index (χ0) is 14.3. The normalized spacial score (nSPS) is 11.8. The molecular weight excluding hydrogens is 246 g/mol. The van der Waals surface area contributed by atoms with Gasteiger partial charge < -0.3 is 19.9 Å². The van der Waals surface area contributed by atoms with E-state index in [1.807, 2.05) is 19.1 Å². The van der Waals surface area contributed by atoms with Crippen molar-refractivity contribution < 1.29 is 19.0 Å². The monoisotopic (exact) mass is 267 g/mol. The Morgan fingerprint density at radius 3 is 2.68 bits per heavy atom. The molecule has 0 aromatic heterocycles. The van der Waals surface area contributed by atoms with Crippen molar-refractivity contribution in [2.45, 2.75) is 25.8 Å². The van der Waals surface area contributed by atoms with Gasteiger partial charge in [0.25, 0.3) is 0 Å². The van der Waals surface area contributed by atoms with Crippen molar-refractivity contribution in [1.82, 2.24) is 0 Å². The van der Waals surface area contributed by atoms with E-state index in [1.165, 1.54) is 7.11 Å². The van der Waals surface area contributed by atoms with E-state index in [4.69, 9.17) is 15.2 Å². The van der Waals surface area contributed by atoms with Gasteiger partial charge in [-0.25, -0.2) is 0 Å². The number of carbonyl (C=O) groups is 1. The summed E-state index contributed by atoms with van der Waals surface area (Å²) in [4.78, 5) is 11.0. The second kappa shape index (κ2) is 7.63. The van der Waals surface area contributed by atoms with Gasteiger partial charge in [-0.2, -0.15) is 0 Å². The van der Waals surface area contributed by atoms with Crippen molar-refractivity contribution in [2.75, 3.05) is 20.8 Å². The van der Waals surface area contributed by atoms with Gasteiger partial charge >= 0.3 is 5.97 Å². The summed E-state index contributed by atoms with van der Waals surface area (Å²) in [5.41, 5.74) is 6.80. The third kappa shape index (κ3) is 4.79. The number of benzene rings is 1. The van der Waals surface area contributed by atoms with E-state index in [0.29, 0.717) is 30.9 Å². The minimum atomic E-state index is -0.235. The molecule has 5 nitrogen and oxygen atoms in total. The lowest BCUT2D eigenvalue weighted by atomic mass is 10.1. The van der Waals surface area contributed by atoms with Gasteiger partial charge in [0.2, 0.25) is 0 Å². The van der Waals surface area contributed by atoms with Crippen molar-refractivity contribution >= 4 is 5.97 Å². The van der Waals surface area contributed by atoms with E-state index in [1.54, 1.807) is 13.2 Å². The fourth-order valence-electron chi connectivity index (χ4n) is 1.64. The summed E-state index contributed by atoms with van der Waals surface area (Å²) >= 11 is 0. The zero-order valence-electron chi connectivity index (χ0n) is 11.6. The van der Waals surface area contributed by atoms with Crippen LogP contribution in [0.3, 0.4) is 0 Å². The highest BCUT2D eigenvalue weighted by molar-refractivity contribution is 5.69. The van der Waals surface area contributed by atoms with Crippen LogP contribution in [0.4, 0.5) is 0 Å². The summed E-state index contributed by atoms with van der Waals surface area (Å²) in [5.74, 6) is 1.17. The molecule has 0 saturated heterocycles. The maximum atomic E-state index is 11.0. The summed E-state index contributed by atoms with van der Waals surface area (Å²) in [7, 11) is 2.97. The predicted octanol–water partition coefficient (Wildman–Crippen LogP) is 2.05. The molecule has 1 aromatic carbocycles. The number of nitrogens with two attached hydrogens (primary N) is 1. The molecule has 5 heteroatoms. The molecule has 2 N–H and O–H groups in total. The van der Waals surface area contributed by atoms with Crippen LogP contribution in [0.1, 0.15) is 31.4 Å². The van der Waals surface area contributed by atoms with Crippen molar-refractivity contribution in [3.8, 4) is 11.5 Å². The smallest absolute Gasteiger partial charge is 0.305 e. The van der Waals surface area contributed by atoms with Gasteiger partial charge in [0, 0.05) is 24.1 Å². The molecule has 0 aliphatic rings. The summed E-state index contributed by atoms with van der Waals surface area (Å²) in [6.07, 6.45) is 0.941. The minimum Gasteiger partial charge on any atom is -0.497 e. The van der Waals surface area contributed by atoms with Crippen LogP contribution < -0.4 is 15.2 Å². The van der Waals surface area contributed by atoms with E-state index in [-0.39, 0.29) is 12.0 Å². The number of methoxy groups -OCH3 is 2. The maximum Gasteiger partial charge on any atom is 0.305 e. The number of esters is 1. The third-order valence-corrected chi connectivity index (χ3v) is 2.72. The third-order valence-electron chi connectivity index (χ3n) is 2.72. The first-order chi connectivity index (χ1) is 9.08. The van der Waals surface area contributed by atoms with Crippen molar-refractivity contribution in [2.24, 2.45) is 5.73 Å². The molecule has 19 heavy (non-hydrogen) atoms. The second-order valence-corrected chi connectivity index (χ2v) is 4.22. The largest absolute Gasteiger partial charge is 0.497 e. The number of rotatable bonds is 7. The number of ether oxygens (including phenoxy) is 3. The molecule has 0 bridgehead atoms. The Balaban J connectivity index is 2.62. The van der Waals surface area contributed by atoms with Crippen LogP contribution in [0.5, 0.6) is 11.5 Å². The van der Waals surface area contributed by atoms with Crippen LogP contribution in [-0.4, -0.2) is 26.8 Å². The quantitative estimate of drug-likeness (QED) is 0.604. The fraction of sp³-hybridized carbons (Fsp3) is 0.500. The van der Waals surface area contributed by atoms with Crippen molar-refractivity contribution in [1.29, 1.82) is 0 Å². The molecule has 0 heterocycles. The first kappa shape index (κ1) is 15.3. The molecule has 1 rings (SSSR count). The molecule has 0 spiro atoms. The van der Waals surface area contributed by atoms with Crippen LogP contribution in [-0.2, 0) is 9.53 Å². The van der Waals surface area contributed by atoms with Crippen molar-refractivity contribution in [3.05, 3.63) is 23.8 Å². The Hall–Kier alpha value is -1.75. The molecular formula is C14H21NO4. The highest BCUT2D eigenvalue weighted by Gasteiger charge is 2.10. The highest BCUT2D eigenvalue weighted by Crippen LogP contribution is 2.28. The topological polar surface area (TPSA) is 70.8 Å². The maximum absolute atomic E-state index is 11.0. The summed E-state index contributed by atoms with van der Waals surface area (Å²) in [6.45, 7) is 2.32. The Bertz CT molecular complexity index is 418. The Morgan fingerprint density at radius 1 is 1.37 bits per heavy atom. The van der Waals surface area contributed by atoms with Crippen LogP contribution in [0.15, 0.2) is 18.2 Å². The van der Waals surface area contributed by atoms with Crippen molar-refractivity contribution in [3.63, 3.8) is 0 Å². The first-order valence-corrected chi connectivity index (χ1v) is 6.21. The van der Waals surface area contributed by atoms with Crippen LogP contribution >= 0.6 is 0 Å². The summed E-state index contributed by atoms with van der Waals surface area (Å²) < 4.78 is 15.4. The molecule has 1 atom stereocenters. The van der Waals surface area contributed by atoms with Crippen LogP contribution in [0.25, 0.3) is 0 Å². The van der Waals surface area contributed by atoms with Gasteiger partial charge in [0.1, 0.15) is 11.5 Å². The molecule has 1 aromatic rings. The summed E-state index contributed by atoms with van der Waals surface area (Å²) in [5, 5.41) is 0. The molecule has 0 fully saturated rings. The van der Waals surface area contributed by atoms with Crippen LogP contribution in [0.2, 0.25) is 0 Å². The lowest BCUT2D eigenvalue weighted by Gasteiger charge is -2.15. The number of hydrogen-bond acceptors (Lipinski definition) is 5. The molecule has 0 radical (unpaired) electrons. The molecule has 0 saturated carbocycles. The standard InChI is InChI=1S/C14H21NO4/c1-10(15)12-7-6-11(17-2)9-13(12)19-8-4-5-14(16)18-3/h6-7,9-10H,4-5,8,15H2,1-3H3. The second-order valence-electron chi connectivity index (χ2n) is 4.22. The van der Waals surface area contributed by atoms with Gasteiger partial charge in [-0.1, -0.05) is 6.07 Å². The zero-order valence-corrected chi connectivity index (χ0v) is 11.6. The lowest BCUT2D eigenvalue weighted by Crippen LogP contribution is -2.10. The fourth-order valence-corrected chi connectivity index (χ4v) is 1.64. The van der Waals surface area contributed by atoms with Gasteiger partial charge in [0.15, 0.2) is 0 Å². The average Bonchev–Trinajstić information content (AvgIpc) is 2.42. The van der Waals surface area contributed by atoms with Crippen LogP contribution in [0, 0.1) is 0 Å². The van der Waals surface area contributed by atoms with E-state index in [2.05, 4.69) is 4.74 Å².